The Hall–Kier alpha value is -3.44. The molecule has 11 heteroatoms. The van der Waals surface area contributed by atoms with Gasteiger partial charge in [0.1, 0.15) is 0 Å². The van der Waals surface area contributed by atoms with E-state index in [-0.39, 0.29) is 35.7 Å². The minimum Gasteiger partial charge on any atom is -0.490 e. The van der Waals surface area contributed by atoms with Gasteiger partial charge >= 0.3 is 0 Å². The van der Waals surface area contributed by atoms with Crippen LogP contribution in [0, 0.1) is 0 Å². The van der Waals surface area contributed by atoms with Gasteiger partial charge in [-0.05, 0) is 24.3 Å². The molecule has 0 unspecified atom stereocenters. The van der Waals surface area contributed by atoms with Crippen LogP contribution < -0.4 is 14.9 Å². The van der Waals surface area contributed by atoms with Crippen LogP contribution in [0.5, 0.6) is 11.5 Å². The topological polar surface area (TPSA) is 111 Å². The lowest BCUT2D eigenvalue weighted by Gasteiger charge is -2.34. The zero-order chi connectivity index (χ0) is 24.4. The van der Waals surface area contributed by atoms with E-state index in [2.05, 4.69) is 5.10 Å². The molecule has 1 fully saturated rings. The van der Waals surface area contributed by atoms with Gasteiger partial charge in [0, 0.05) is 50.5 Å². The molecule has 0 atom stereocenters. The number of amides is 1. The second-order valence-electron chi connectivity index (χ2n) is 8.44. The number of carbonyl (C=O) groups is 1. The van der Waals surface area contributed by atoms with Crippen LogP contribution in [0.25, 0.3) is 10.9 Å². The quantitative estimate of drug-likeness (QED) is 0.524. The zero-order valence-electron chi connectivity index (χ0n) is 19.1. The Balaban J connectivity index is 1.21. The first kappa shape index (κ1) is 23.3. The van der Waals surface area contributed by atoms with Crippen LogP contribution in [0.15, 0.2) is 58.4 Å². The number of carbonyl (C=O) groups excluding carboxylic acids is 1. The van der Waals surface area contributed by atoms with E-state index in [4.69, 9.17) is 9.47 Å². The number of para-hydroxylation sites is 1. The van der Waals surface area contributed by atoms with Gasteiger partial charge in [-0.3, -0.25) is 14.3 Å². The Morgan fingerprint density at radius 1 is 0.971 bits per heavy atom. The summed E-state index contributed by atoms with van der Waals surface area (Å²) in [6.45, 7) is 2.37. The fraction of sp³-hybridized carbons (Fsp3) is 0.375. The number of benzene rings is 2. The van der Waals surface area contributed by atoms with Crippen molar-refractivity contribution < 1.29 is 22.7 Å². The van der Waals surface area contributed by atoms with Crippen molar-refractivity contribution in [2.45, 2.75) is 24.3 Å². The van der Waals surface area contributed by atoms with Crippen molar-refractivity contribution in [3.63, 3.8) is 0 Å². The highest BCUT2D eigenvalue weighted by Crippen LogP contribution is 2.33. The normalized spacial score (nSPS) is 16.7. The lowest BCUT2D eigenvalue weighted by molar-refractivity contribution is -0.132. The van der Waals surface area contributed by atoms with Crippen molar-refractivity contribution in [2.24, 2.45) is 0 Å². The molecule has 0 saturated carbocycles. The van der Waals surface area contributed by atoms with Gasteiger partial charge < -0.3 is 14.4 Å². The first-order chi connectivity index (χ1) is 16.9. The summed E-state index contributed by atoms with van der Waals surface area (Å²) in [6, 6.07) is 11.8. The largest absolute Gasteiger partial charge is 0.490 e. The Morgan fingerprint density at radius 3 is 2.51 bits per heavy atom. The van der Waals surface area contributed by atoms with Crippen LogP contribution in [0.4, 0.5) is 0 Å². The molecule has 0 spiro atoms. The highest BCUT2D eigenvalue weighted by molar-refractivity contribution is 7.89. The molecular formula is C24H26N4O6S. The SMILES string of the molecule is O=C(CCn1ncc(=O)c2ccccc21)N1CCN(S(=O)(=O)c2ccc3c(c2)OCCCO3)CC1. The van der Waals surface area contributed by atoms with Crippen LogP contribution in [0.1, 0.15) is 12.8 Å². The molecule has 2 aliphatic rings. The molecule has 1 saturated heterocycles. The summed E-state index contributed by atoms with van der Waals surface area (Å²) < 4.78 is 40.6. The molecule has 0 N–H and O–H groups in total. The molecule has 1 aromatic heterocycles. The third-order valence-electron chi connectivity index (χ3n) is 6.25. The van der Waals surface area contributed by atoms with Gasteiger partial charge in [-0.15, -0.1) is 0 Å². The maximum absolute atomic E-state index is 13.2. The standard InChI is InChI=1S/C24H26N4O6S/c29-21-17-25-28(20-5-2-1-4-19(20)21)9-8-24(30)26-10-12-27(13-11-26)35(31,32)18-6-7-22-23(16-18)34-15-3-14-33-22/h1-2,4-7,16-17H,3,8-15H2. The smallest absolute Gasteiger partial charge is 0.243 e. The Morgan fingerprint density at radius 2 is 1.71 bits per heavy atom. The summed E-state index contributed by atoms with van der Waals surface area (Å²) in [4.78, 5) is 26.6. The highest BCUT2D eigenvalue weighted by atomic mass is 32.2. The summed E-state index contributed by atoms with van der Waals surface area (Å²) in [6.07, 6.45) is 2.20. The van der Waals surface area contributed by atoms with E-state index in [1.165, 1.54) is 22.6 Å². The molecule has 1 amide bonds. The lowest BCUT2D eigenvalue weighted by atomic mass is 10.2. The molecule has 184 valence electrons. The van der Waals surface area contributed by atoms with Crippen molar-refractivity contribution in [3.8, 4) is 11.5 Å². The summed E-state index contributed by atoms with van der Waals surface area (Å²) in [5.41, 5.74) is 0.521. The van der Waals surface area contributed by atoms with E-state index in [0.717, 1.165) is 6.42 Å². The number of piperazine rings is 1. The molecule has 3 heterocycles. The molecule has 3 aromatic rings. The van der Waals surface area contributed by atoms with Crippen molar-refractivity contribution in [1.82, 2.24) is 19.0 Å². The lowest BCUT2D eigenvalue weighted by Crippen LogP contribution is -2.50. The van der Waals surface area contributed by atoms with E-state index in [9.17, 15) is 18.0 Å². The number of aryl methyl sites for hydroxylation is 1. The summed E-state index contributed by atoms with van der Waals surface area (Å²) in [7, 11) is -3.72. The maximum atomic E-state index is 13.2. The van der Waals surface area contributed by atoms with Gasteiger partial charge in [0.25, 0.3) is 0 Å². The Kier molecular flexibility index (Phi) is 6.44. The molecule has 0 bridgehead atoms. The van der Waals surface area contributed by atoms with Gasteiger partial charge in [0.05, 0.1) is 36.4 Å². The number of nitrogens with zero attached hydrogens (tertiary/aromatic N) is 4. The second kappa shape index (κ2) is 9.67. The third kappa shape index (κ3) is 4.73. The van der Waals surface area contributed by atoms with Gasteiger partial charge in [-0.2, -0.15) is 9.40 Å². The third-order valence-corrected chi connectivity index (χ3v) is 8.14. The number of sulfonamides is 1. The maximum Gasteiger partial charge on any atom is 0.243 e. The summed E-state index contributed by atoms with van der Waals surface area (Å²) >= 11 is 0. The van der Waals surface area contributed by atoms with E-state index in [1.807, 2.05) is 6.07 Å². The van der Waals surface area contributed by atoms with Gasteiger partial charge in [0.15, 0.2) is 11.5 Å². The molecule has 10 nitrogen and oxygen atoms in total. The first-order valence-corrected chi connectivity index (χ1v) is 13.0. The summed E-state index contributed by atoms with van der Waals surface area (Å²) in [5, 5.41) is 4.72. The Bertz CT molecular complexity index is 1410. The fourth-order valence-corrected chi connectivity index (χ4v) is 5.77. The molecular weight excluding hydrogens is 472 g/mol. The average Bonchev–Trinajstić information content (AvgIpc) is 3.13. The number of fused-ring (bicyclic) bond motifs is 2. The molecule has 2 aromatic carbocycles. The van der Waals surface area contributed by atoms with Gasteiger partial charge in [-0.1, -0.05) is 12.1 Å². The van der Waals surface area contributed by atoms with Crippen molar-refractivity contribution >= 4 is 26.8 Å². The minimum absolute atomic E-state index is 0.0813. The van der Waals surface area contributed by atoms with Crippen LogP contribution in [-0.2, 0) is 21.4 Å². The van der Waals surface area contributed by atoms with Crippen LogP contribution in [0.3, 0.4) is 0 Å². The van der Waals surface area contributed by atoms with E-state index >= 15 is 0 Å². The molecule has 5 rings (SSSR count). The monoisotopic (exact) mass is 498 g/mol. The average molecular weight is 499 g/mol. The van der Waals surface area contributed by atoms with Crippen molar-refractivity contribution in [2.75, 3.05) is 39.4 Å². The van der Waals surface area contributed by atoms with Crippen LogP contribution in [-0.4, -0.2) is 72.7 Å². The number of aromatic nitrogens is 2. The molecule has 35 heavy (non-hydrogen) atoms. The van der Waals surface area contributed by atoms with Gasteiger partial charge in [0.2, 0.25) is 21.4 Å². The van der Waals surface area contributed by atoms with Crippen molar-refractivity contribution in [3.05, 3.63) is 58.9 Å². The number of hydrogen-bond acceptors (Lipinski definition) is 7. The number of rotatable bonds is 5. The van der Waals surface area contributed by atoms with Crippen LogP contribution in [0.2, 0.25) is 0 Å². The van der Waals surface area contributed by atoms with Gasteiger partial charge in [-0.25, -0.2) is 8.42 Å². The number of ether oxygens (including phenoxy) is 2. The molecule has 2 aliphatic heterocycles. The van der Waals surface area contributed by atoms with E-state index in [1.54, 1.807) is 33.8 Å². The predicted molar refractivity (Wildman–Crippen MR) is 128 cm³/mol. The highest BCUT2D eigenvalue weighted by Gasteiger charge is 2.31. The fourth-order valence-electron chi connectivity index (χ4n) is 4.33. The minimum atomic E-state index is -3.72. The van der Waals surface area contributed by atoms with Crippen LogP contribution >= 0.6 is 0 Å². The van der Waals surface area contributed by atoms with E-state index in [0.29, 0.717) is 55.2 Å². The van der Waals surface area contributed by atoms with Crippen molar-refractivity contribution in [1.29, 1.82) is 0 Å². The second-order valence-corrected chi connectivity index (χ2v) is 10.4. The predicted octanol–water partition coefficient (Wildman–Crippen LogP) is 1.48. The first-order valence-electron chi connectivity index (χ1n) is 11.6. The molecule has 0 radical (unpaired) electrons. The van der Waals surface area contributed by atoms with E-state index < -0.39 is 10.0 Å². The zero-order valence-corrected chi connectivity index (χ0v) is 19.9. The Labute approximate surface area is 202 Å². The number of hydrogen-bond donors (Lipinski definition) is 0. The molecule has 0 aliphatic carbocycles. The summed E-state index contributed by atoms with van der Waals surface area (Å²) in [5.74, 6) is 0.894.